The molecule has 0 radical (unpaired) electrons. The summed E-state index contributed by atoms with van der Waals surface area (Å²) in [7, 11) is 1.34. The topological polar surface area (TPSA) is 91.2 Å². The molecule has 1 aromatic heterocycles. The number of ether oxygens (including phenoxy) is 1. The number of carbonyl (C=O) groups excluding carboxylic acids is 1. The molecule has 0 aliphatic carbocycles. The zero-order chi connectivity index (χ0) is 14.5. The molecule has 0 spiro atoms. The Labute approximate surface area is 117 Å². The third-order valence-electron chi connectivity index (χ3n) is 2.44. The molecule has 0 aliphatic heterocycles. The predicted octanol–water partition coefficient (Wildman–Crippen LogP) is 1.49. The van der Waals surface area contributed by atoms with Gasteiger partial charge in [-0.15, -0.1) is 0 Å². The Bertz CT molecular complexity index is 415. The normalized spacial score (nSPS) is 13.3. The van der Waals surface area contributed by atoms with Gasteiger partial charge in [0.1, 0.15) is 6.04 Å². The Morgan fingerprint density at radius 3 is 2.74 bits per heavy atom. The summed E-state index contributed by atoms with van der Waals surface area (Å²) in [5.41, 5.74) is 5.52. The van der Waals surface area contributed by atoms with Crippen molar-refractivity contribution in [3.8, 4) is 0 Å². The fourth-order valence-electron chi connectivity index (χ4n) is 1.26. The van der Waals surface area contributed by atoms with Crippen LogP contribution in [0.4, 0.5) is 0 Å². The van der Waals surface area contributed by atoms with Crippen molar-refractivity contribution < 1.29 is 14.1 Å². The standard InChI is InChI=1S/C12H21N3O3S/c1-12(2,3)11-14-9(18-15-11)7-19-6-5-8(13)10(16)17-4/h8H,5-7,13H2,1-4H3. The van der Waals surface area contributed by atoms with Gasteiger partial charge in [0.15, 0.2) is 5.82 Å². The lowest BCUT2D eigenvalue weighted by atomic mass is 9.96. The van der Waals surface area contributed by atoms with Crippen molar-refractivity contribution in [2.24, 2.45) is 5.73 Å². The van der Waals surface area contributed by atoms with Crippen LogP contribution in [-0.2, 0) is 20.7 Å². The maximum absolute atomic E-state index is 11.1. The van der Waals surface area contributed by atoms with Crippen molar-refractivity contribution in [3.63, 3.8) is 0 Å². The second kappa shape index (κ2) is 6.91. The summed E-state index contributed by atoms with van der Waals surface area (Å²) in [6.07, 6.45) is 0.567. The fourth-order valence-corrected chi connectivity index (χ4v) is 2.11. The summed E-state index contributed by atoms with van der Waals surface area (Å²) in [4.78, 5) is 15.4. The number of esters is 1. The zero-order valence-corrected chi connectivity index (χ0v) is 12.6. The van der Waals surface area contributed by atoms with Gasteiger partial charge in [0, 0.05) is 5.41 Å². The van der Waals surface area contributed by atoms with Crippen LogP contribution < -0.4 is 5.73 Å². The van der Waals surface area contributed by atoms with Gasteiger partial charge < -0.3 is 15.0 Å². The van der Waals surface area contributed by atoms with Crippen LogP contribution in [0.3, 0.4) is 0 Å². The summed E-state index contributed by atoms with van der Waals surface area (Å²) in [6, 6.07) is -0.565. The molecule has 2 N–H and O–H groups in total. The molecule has 0 saturated heterocycles. The molecule has 1 aromatic rings. The van der Waals surface area contributed by atoms with Crippen molar-refractivity contribution in [2.45, 2.75) is 44.4 Å². The average molecular weight is 287 g/mol. The van der Waals surface area contributed by atoms with Crippen molar-refractivity contribution in [2.75, 3.05) is 12.9 Å². The minimum Gasteiger partial charge on any atom is -0.468 e. The van der Waals surface area contributed by atoms with Crippen LogP contribution in [0.2, 0.25) is 0 Å². The van der Waals surface area contributed by atoms with Gasteiger partial charge in [-0.2, -0.15) is 16.7 Å². The molecule has 0 aromatic carbocycles. The van der Waals surface area contributed by atoms with E-state index in [-0.39, 0.29) is 11.4 Å². The Morgan fingerprint density at radius 2 is 2.21 bits per heavy atom. The Morgan fingerprint density at radius 1 is 1.53 bits per heavy atom. The van der Waals surface area contributed by atoms with Gasteiger partial charge in [-0.25, -0.2) is 0 Å². The first-order chi connectivity index (χ1) is 8.84. The minimum atomic E-state index is -0.565. The van der Waals surface area contributed by atoms with E-state index in [2.05, 4.69) is 14.9 Å². The Balaban J connectivity index is 2.30. The van der Waals surface area contributed by atoms with E-state index >= 15 is 0 Å². The zero-order valence-electron chi connectivity index (χ0n) is 11.8. The molecule has 0 bridgehead atoms. The van der Waals surface area contributed by atoms with E-state index in [4.69, 9.17) is 10.3 Å². The van der Waals surface area contributed by atoms with E-state index in [1.807, 2.05) is 20.8 Å². The first kappa shape index (κ1) is 16.0. The molecular weight excluding hydrogens is 266 g/mol. The summed E-state index contributed by atoms with van der Waals surface area (Å²) in [6.45, 7) is 6.10. The van der Waals surface area contributed by atoms with Gasteiger partial charge in [-0.05, 0) is 12.2 Å². The van der Waals surface area contributed by atoms with Gasteiger partial charge in [-0.3, -0.25) is 4.79 Å². The molecule has 1 rings (SSSR count). The van der Waals surface area contributed by atoms with Crippen molar-refractivity contribution in [3.05, 3.63) is 11.7 Å². The van der Waals surface area contributed by atoms with E-state index in [0.29, 0.717) is 23.9 Å². The lowest BCUT2D eigenvalue weighted by Gasteiger charge is -2.10. The number of aromatic nitrogens is 2. The van der Waals surface area contributed by atoms with Crippen LogP contribution in [0, 0.1) is 0 Å². The van der Waals surface area contributed by atoms with E-state index in [0.717, 1.165) is 5.75 Å². The molecule has 108 valence electrons. The predicted molar refractivity (Wildman–Crippen MR) is 73.8 cm³/mol. The van der Waals surface area contributed by atoms with Gasteiger partial charge in [0.05, 0.1) is 12.9 Å². The van der Waals surface area contributed by atoms with Gasteiger partial charge in [0.2, 0.25) is 5.89 Å². The van der Waals surface area contributed by atoms with Gasteiger partial charge >= 0.3 is 5.97 Å². The van der Waals surface area contributed by atoms with Crippen LogP contribution in [-0.4, -0.2) is 35.0 Å². The third kappa shape index (κ3) is 5.20. The van der Waals surface area contributed by atoms with Crippen LogP contribution in [0.1, 0.15) is 38.9 Å². The Hall–Kier alpha value is -1.08. The van der Waals surface area contributed by atoms with E-state index in [9.17, 15) is 4.79 Å². The molecule has 0 saturated carbocycles. The highest BCUT2D eigenvalue weighted by Crippen LogP contribution is 2.20. The van der Waals surface area contributed by atoms with Crippen molar-refractivity contribution in [1.29, 1.82) is 0 Å². The highest BCUT2D eigenvalue weighted by molar-refractivity contribution is 7.98. The third-order valence-corrected chi connectivity index (χ3v) is 3.42. The highest BCUT2D eigenvalue weighted by Gasteiger charge is 2.20. The fraction of sp³-hybridized carbons (Fsp3) is 0.750. The number of rotatable bonds is 6. The number of nitrogens with two attached hydrogens (primary N) is 1. The quantitative estimate of drug-likeness (QED) is 0.626. The summed E-state index contributed by atoms with van der Waals surface area (Å²) in [5, 5.41) is 3.94. The molecule has 7 heteroatoms. The molecule has 6 nitrogen and oxygen atoms in total. The second-order valence-corrected chi connectivity index (χ2v) is 6.34. The van der Waals surface area contributed by atoms with Gasteiger partial charge in [0.25, 0.3) is 0 Å². The van der Waals surface area contributed by atoms with Gasteiger partial charge in [-0.1, -0.05) is 25.9 Å². The van der Waals surface area contributed by atoms with Crippen LogP contribution in [0.25, 0.3) is 0 Å². The molecule has 19 heavy (non-hydrogen) atoms. The monoisotopic (exact) mass is 287 g/mol. The first-order valence-corrected chi connectivity index (χ1v) is 7.24. The number of hydrogen-bond acceptors (Lipinski definition) is 7. The lowest BCUT2D eigenvalue weighted by molar-refractivity contribution is -0.142. The molecule has 1 atom stereocenters. The number of nitrogens with zero attached hydrogens (tertiary/aromatic N) is 2. The number of carbonyl (C=O) groups is 1. The summed E-state index contributed by atoms with van der Waals surface area (Å²) < 4.78 is 9.72. The van der Waals surface area contributed by atoms with Crippen LogP contribution in [0.15, 0.2) is 4.52 Å². The highest BCUT2D eigenvalue weighted by atomic mass is 32.2. The summed E-state index contributed by atoms with van der Waals surface area (Å²) >= 11 is 1.60. The van der Waals surface area contributed by atoms with Crippen molar-refractivity contribution in [1.82, 2.24) is 10.1 Å². The molecule has 0 fully saturated rings. The number of methoxy groups -OCH3 is 1. The molecule has 0 aliphatic rings. The average Bonchev–Trinajstić information content (AvgIpc) is 2.81. The number of thioether (sulfide) groups is 1. The smallest absolute Gasteiger partial charge is 0.322 e. The maximum Gasteiger partial charge on any atom is 0.322 e. The molecular formula is C12H21N3O3S. The van der Waals surface area contributed by atoms with E-state index < -0.39 is 6.04 Å². The van der Waals surface area contributed by atoms with E-state index in [1.54, 1.807) is 11.8 Å². The Kier molecular flexibility index (Phi) is 5.81. The second-order valence-electron chi connectivity index (χ2n) is 5.23. The summed E-state index contributed by atoms with van der Waals surface area (Å²) in [5.74, 6) is 2.28. The first-order valence-electron chi connectivity index (χ1n) is 6.09. The lowest BCUT2D eigenvalue weighted by Crippen LogP contribution is -2.31. The van der Waals surface area contributed by atoms with E-state index in [1.165, 1.54) is 7.11 Å². The van der Waals surface area contributed by atoms with Crippen molar-refractivity contribution >= 4 is 17.7 Å². The molecule has 1 heterocycles. The van der Waals surface area contributed by atoms with Crippen LogP contribution >= 0.6 is 11.8 Å². The maximum atomic E-state index is 11.1. The SMILES string of the molecule is COC(=O)C(N)CCSCc1nc(C(C)(C)C)no1. The minimum absolute atomic E-state index is 0.111. The largest absolute Gasteiger partial charge is 0.468 e. The van der Waals surface area contributed by atoms with Crippen LogP contribution in [0.5, 0.6) is 0 Å². The molecule has 0 amide bonds. The molecule has 1 unspecified atom stereocenters. The number of hydrogen-bond donors (Lipinski definition) is 1.